The normalized spacial score (nSPS) is 11.9. The Hall–Kier alpha value is -3.07. The van der Waals surface area contributed by atoms with E-state index in [0.717, 1.165) is 16.8 Å². The van der Waals surface area contributed by atoms with E-state index in [-0.39, 0.29) is 11.3 Å². The van der Waals surface area contributed by atoms with Gasteiger partial charge in [0.1, 0.15) is 5.75 Å². The van der Waals surface area contributed by atoms with E-state index in [1.165, 1.54) is 34.2 Å². The molecule has 0 amide bonds. The summed E-state index contributed by atoms with van der Waals surface area (Å²) in [6, 6.07) is 11.4. The second-order valence-corrected chi connectivity index (χ2v) is 6.76. The van der Waals surface area contributed by atoms with Crippen molar-refractivity contribution in [1.82, 2.24) is 14.8 Å². The zero-order chi connectivity index (χ0) is 19.2. The number of ether oxygens (including phenoxy) is 1. The molecule has 0 saturated carbocycles. The van der Waals surface area contributed by atoms with Gasteiger partial charge in [-0.3, -0.25) is 9.89 Å². The Morgan fingerprint density at radius 1 is 1.15 bits per heavy atom. The van der Waals surface area contributed by atoms with Gasteiger partial charge in [0.05, 0.1) is 28.6 Å². The van der Waals surface area contributed by atoms with Gasteiger partial charge in [-0.2, -0.15) is 17.9 Å². The fraction of sp³-hybridized carbons (Fsp3) is 0.111. The molecule has 0 saturated heterocycles. The molecule has 0 spiro atoms. The van der Waals surface area contributed by atoms with Crippen LogP contribution in [0.1, 0.15) is 5.56 Å². The number of benzene rings is 2. The molecule has 0 unspecified atom stereocenters. The zero-order valence-electron chi connectivity index (χ0n) is 13.9. The van der Waals surface area contributed by atoms with Crippen LogP contribution < -0.4 is 10.3 Å². The minimum Gasteiger partial charge on any atom is -0.497 e. The largest absolute Gasteiger partial charge is 0.497 e. The summed E-state index contributed by atoms with van der Waals surface area (Å²) < 4.78 is 46.0. The molecule has 2 heterocycles. The van der Waals surface area contributed by atoms with Crippen molar-refractivity contribution in [2.45, 2.75) is 6.18 Å². The fourth-order valence-corrected chi connectivity index (χ4v) is 3.63. The predicted molar refractivity (Wildman–Crippen MR) is 96.6 cm³/mol. The van der Waals surface area contributed by atoms with Crippen molar-refractivity contribution in [1.29, 1.82) is 0 Å². The van der Waals surface area contributed by atoms with Gasteiger partial charge in [-0.1, -0.05) is 23.5 Å². The van der Waals surface area contributed by atoms with E-state index >= 15 is 0 Å². The fourth-order valence-electron chi connectivity index (χ4n) is 2.66. The molecule has 0 atom stereocenters. The Labute approximate surface area is 154 Å². The molecule has 9 heteroatoms. The number of aromatic nitrogens is 3. The third-order valence-electron chi connectivity index (χ3n) is 4.00. The number of hydrogen-bond donors (Lipinski definition) is 1. The van der Waals surface area contributed by atoms with Crippen molar-refractivity contribution < 1.29 is 17.9 Å². The number of methoxy groups -OCH3 is 1. The quantitative estimate of drug-likeness (QED) is 0.561. The average molecular weight is 391 g/mol. The molecular formula is C18H12F3N3O2S. The number of aromatic amines is 1. The summed E-state index contributed by atoms with van der Waals surface area (Å²) in [5.41, 5.74) is 0.0541. The Morgan fingerprint density at radius 3 is 2.70 bits per heavy atom. The van der Waals surface area contributed by atoms with Crippen LogP contribution in [-0.4, -0.2) is 21.9 Å². The summed E-state index contributed by atoms with van der Waals surface area (Å²) >= 11 is 1.27. The molecule has 5 nitrogen and oxygen atoms in total. The van der Waals surface area contributed by atoms with Crippen LogP contribution in [-0.2, 0) is 6.18 Å². The molecule has 0 aliphatic carbocycles. The first-order valence-corrected chi connectivity index (χ1v) is 8.61. The Kier molecular flexibility index (Phi) is 4.03. The molecule has 138 valence electrons. The van der Waals surface area contributed by atoms with Gasteiger partial charge < -0.3 is 4.74 Å². The number of hydrogen-bond acceptors (Lipinski definition) is 4. The van der Waals surface area contributed by atoms with Gasteiger partial charge in [0.2, 0.25) is 5.13 Å². The lowest BCUT2D eigenvalue weighted by molar-refractivity contribution is -0.137. The smallest absolute Gasteiger partial charge is 0.416 e. The molecule has 0 radical (unpaired) electrons. The number of alkyl halides is 3. The van der Waals surface area contributed by atoms with E-state index < -0.39 is 17.3 Å². The van der Waals surface area contributed by atoms with Crippen LogP contribution in [0.3, 0.4) is 0 Å². The molecule has 0 aliphatic heterocycles. The molecule has 2 aromatic heterocycles. The van der Waals surface area contributed by atoms with Crippen molar-refractivity contribution in [2.75, 3.05) is 7.11 Å². The Bertz CT molecular complexity index is 1190. The van der Waals surface area contributed by atoms with E-state index in [2.05, 4.69) is 10.1 Å². The lowest BCUT2D eigenvalue weighted by Gasteiger charge is -2.07. The van der Waals surface area contributed by atoms with Crippen LogP contribution in [0.4, 0.5) is 13.2 Å². The maximum absolute atomic E-state index is 12.9. The Balaban J connectivity index is 1.77. The monoisotopic (exact) mass is 391 g/mol. The summed E-state index contributed by atoms with van der Waals surface area (Å²) in [5.74, 6) is 0.668. The molecule has 0 fully saturated rings. The minimum absolute atomic E-state index is 0.267. The maximum Gasteiger partial charge on any atom is 0.416 e. The molecule has 27 heavy (non-hydrogen) atoms. The van der Waals surface area contributed by atoms with E-state index in [0.29, 0.717) is 16.4 Å². The van der Waals surface area contributed by atoms with E-state index in [9.17, 15) is 18.0 Å². The van der Waals surface area contributed by atoms with Crippen molar-refractivity contribution in [3.63, 3.8) is 0 Å². The Morgan fingerprint density at radius 2 is 1.96 bits per heavy atom. The number of rotatable bonds is 3. The number of nitrogens with zero attached hydrogens (tertiary/aromatic N) is 2. The van der Waals surface area contributed by atoms with Gasteiger partial charge in [-0.15, -0.1) is 0 Å². The summed E-state index contributed by atoms with van der Waals surface area (Å²) in [6.45, 7) is 0. The van der Waals surface area contributed by atoms with Crippen LogP contribution in [0.25, 0.3) is 26.6 Å². The van der Waals surface area contributed by atoms with Crippen molar-refractivity contribution in [3.05, 3.63) is 64.4 Å². The molecule has 0 bridgehead atoms. The maximum atomic E-state index is 12.9. The summed E-state index contributed by atoms with van der Waals surface area (Å²) in [4.78, 5) is 16.7. The highest BCUT2D eigenvalue weighted by atomic mass is 32.1. The predicted octanol–water partition coefficient (Wildman–Crippen LogP) is 4.47. The van der Waals surface area contributed by atoms with Crippen LogP contribution in [0.2, 0.25) is 0 Å². The molecule has 4 rings (SSSR count). The van der Waals surface area contributed by atoms with Crippen LogP contribution in [0, 0.1) is 0 Å². The van der Waals surface area contributed by atoms with E-state index in [4.69, 9.17) is 4.74 Å². The van der Waals surface area contributed by atoms with E-state index in [1.807, 2.05) is 0 Å². The van der Waals surface area contributed by atoms with Crippen molar-refractivity contribution in [2.24, 2.45) is 0 Å². The molecule has 2 aromatic carbocycles. The first-order valence-electron chi connectivity index (χ1n) is 7.80. The first-order chi connectivity index (χ1) is 12.8. The van der Waals surface area contributed by atoms with Gasteiger partial charge >= 0.3 is 6.18 Å². The zero-order valence-corrected chi connectivity index (χ0v) is 14.7. The summed E-state index contributed by atoms with van der Waals surface area (Å²) in [6.07, 6.45) is -4.45. The third-order valence-corrected chi connectivity index (χ3v) is 5.00. The second kappa shape index (κ2) is 6.27. The number of nitrogens with one attached hydrogen (secondary N) is 1. The first kappa shape index (κ1) is 17.3. The summed E-state index contributed by atoms with van der Waals surface area (Å²) in [7, 11) is 1.56. The molecule has 1 N–H and O–H groups in total. The van der Waals surface area contributed by atoms with E-state index in [1.54, 1.807) is 25.3 Å². The molecule has 4 aromatic rings. The number of fused-ring (bicyclic) bond motifs is 1. The lowest BCUT2D eigenvalue weighted by Crippen LogP contribution is -2.12. The highest BCUT2D eigenvalue weighted by molar-refractivity contribution is 7.20. The average Bonchev–Trinajstić information content (AvgIpc) is 3.23. The van der Waals surface area contributed by atoms with Gasteiger partial charge in [0, 0.05) is 11.6 Å². The van der Waals surface area contributed by atoms with Crippen molar-refractivity contribution >= 4 is 21.6 Å². The molecular weight excluding hydrogens is 379 g/mol. The minimum atomic E-state index is -4.45. The number of halogens is 3. The molecule has 0 aliphatic rings. The van der Waals surface area contributed by atoms with Gasteiger partial charge in [-0.05, 0) is 30.3 Å². The summed E-state index contributed by atoms with van der Waals surface area (Å²) in [5, 5.41) is 3.23. The topological polar surface area (TPSA) is 59.9 Å². The highest BCUT2D eigenvalue weighted by Gasteiger charge is 2.30. The van der Waals surface area contributed by atoms with Gasteiger partial charge in [0.15, 0.2) is 0 Å². The number of H-pyrrole nitrogens is 1. The van der Waals surface area contributed by atoms with Crippen LogP contribution in [0.15, 0.2) is 53.3 Å². The van der Waals surface area contributed by atoms with Gasteiger partial charge in [-0.25, -0.2) is 4.98 Å². The highest BCUT2D eigenvalue weighted by Crippen LogP contribution is 2.32. The van der Waals surface area contributed by atoms with Crippen molar-refractivity contribution in [3.8, 4) is 22.1 Å². The van der Waals surface area contributed by atoms with Gasteiger partial charge in [0.25, 0.3) is 5.56 Å². The second-order valence-electron chi connectivity index (χ2n) is 5.75. The lowest BCUT2D eigenvalue weighted by atomic mass is 10.1. The van der Waals surface area contributed by atoms with Crippen LogP contribution >= 0.6 is 11.3 Å². The van der Waals surface area contributed by atoms with Crippen LogP contribution in [0.5, 0.6) is 5.75 Å². The third kappa shape index (κ3) is 3.21. The standard InChI is InChI=1S/C18H12F3N3O2S/c1-26-12-5-6-13-15(8-12)27-17(22-13)24-16(25)9-14(23-24)10-3-2-4-11(7-10)18(19,20)21/h2-9,23H,1H3. The number of thiazole rings is 1. The SMILES string of the molecule is COc1ccc2nc(-n3[nH]c(-c4cccc(C(F)(F)F)c4)cc3=O)sc2c1.